The molecule has 2 nitrogen and oxygen atoms in total. The van der Waals surface area contributed by atoms with Crippen molar-refractivity contribution in [1.82, 2.24) is 0 Å². The Hall–Kier alpha value is -2.94. The quantitative estimate of drug-likeness (QED) is 0.507. The highest BCUT2D eigenvalue weighted by Crippen LogP contribution is 2.22. The summed E-state index contributed by atoms with van der Waals surface area (Å²) in [5, 5.41) is 1.08. The summed E-state index contributed by atoms with van der Waals surface area (Å²) in [7, 11) is 1.61. The summed E-state index contributed by atoms with van der Waals surface area (Å²) >= 11 is 0. The first-order chi connectivity index (χ1) is 11.2. The van der Waals surface area contributed by atoms with Crippen LogP contribution in [0, 0.1) is 5.82 Å². The van der Waals surface area contributed by atoms with Crippen LogP contribution >= 0.6 is 0 Å². The van der Waals surface area contributed by atoms with Crippen LogP contribution in [0.15, 0.2) is 66.7 Å². The second kappa shape index (κ2) is 6.44. The molecule has 0 saturated heterocycles. The SMILES string of the molecule is COc1ccc(/C=C/C(=O)c2ccc(F)c3ccccc23)cc1. The van der Waals surface area contributed by atoms with E-state index in [1.165, 1.54) is 18.2 Å². The van der Waals surface area contributed by atoms with Gasteiger partial charge in [0.1, 0.15) is 11.6 Å². The zero-order chi connectivity index (χ0) is 16.2. The minimum Gasteiger partial charge on any atom is -0.497 e. The van der Waals surface area contributed by atoms with E-state index in [9.17, 15) is 9.18 Å². The third-order valence-electron chi connectivity index (χ3n) is 3.68. The van der Waals surface area contributed by atoms with Gasteiger partial charge in [-0.25, -0.2) is 4.39 Å². The fourth-order valence-corrected chi connectivity index (χ4v) is 2.45. The van der Waals surface area contributed by atoms with Gasteiger partial charge in [0.2, 0.25) is 0 Å². The Bertz CT molecular complexity index is 880. The molecule has 0 unspecified atom stereocenters. The number of carbonyl (C=O) groups excluding carboxylic acids is 1. The summed E-state index contributed by atoms with van der Waals surface area (Å²) in [4.78, 5) is 12.4. The maximum absolute atomic E-state index is 13.8. The van der Waals surface area contributed by atoms with Crippen molar-refractivity contribution < 1.29 is 13.9 Å². The predicted molar refractivity (Wildman–Crippen MR) is 90.3 cm³/mol. The molecule has 3 aromatic carbocycles. The van der Waals surface area contributed by atoms with Gasteiger partial charge in [0, 0.05) is 10.9 Å². The van der Waals surface area contributed by atoms with Crippen molar-refractivity contribution in [3.05, 3.63) is 83.7 Å². The third kappa shape index (κ3) is 3.14. The molecule has 0 aliphatic heterocycles. The number of methoxy groups -OCH3 is 1. The molecular weight excluding hydrogens is 291 g/mol. The van der Waals surface area contributed by atoms with Crippen molar-refractivity contribution in [3.8, 4) is 5.75 Å². The largest absolute Gasteiger partial charge is 0.497 e. The van der Waals surface area contributed by atoms with E-state index in [4.69, 9.17) is 4.74 Å². The zero-order valence-corrected chi connectivity index (χ0v) is 12.6. The minimum absolute atomic E-state index is 0.156. The third-order valence-corrected chi connectivity index (χ3v) is 3.68. The lowest BCUT2D eigenvalue weighted by molar-refractivity contribution is 0.104. The molecule has 0 aliphatic carbocycles. The Morgan fingerprint density at radius 2 is 1.65 bits per heavy atom. The molecule has 0 aliphatic rings. The van der Waals surface area contributed by atoms with E-state index in [-0.39, 0.29) is 11.6 Å². The van der Waals surface area contributed by atoms with Crippen LogP contribution in [0.25, 0.3) is 16.8 Å². The Labute approximate surface area is 133 Å². The first kappa shape index (κ1) is 15.0. The van der Waals surface area contributed by atoms with E-state index in [1.54, 1.807) is 37.5 Å². The average molecular weight is 306 g/mol. The van der Waals surface area contributed by atoms with Gasteiger partial charge in [0.05, 0.1) is 7.11 Å². The number of benzene rings is 3. The van der Waals surface area contributed by atoms with E-state index in [2.05, 4.69) is 0 Å². The van der Waals surface area contributed by atoms with Gasteiger partial charge >= 0.3 is 0 Å². The van der Waals surface area contributed by atoms with Gasteiger partial charge in [0.25, 0.3) is 0 Å². The molecule has 3 heteroatoms. The molecule has 23 heavy (non-hydrogen) atoms. The summed E-state index contributed by atoms with van der Waals surface area (Å²) in [6, 6.07) is 17.2. The molecule has 0 saturated carbocycles. The van der Waals surface area contributed by atoms with Crippen LogP contribution in [-0.4, -0.2) is 12.9 Å². The van der Waals surface area contributed by atoms with E-state index in [0.717, 1.165) is 11.3 Å². The lowest BCUT2D eigenvalue weighted by atomic mass is 10.0. The van der Waals surface area contributed by atoms with E-state index < -0.39 is 0 Å². The van der Waals surface area contributed by atoms with Gasteiger partial charge in [0.15, 0.2) is 5.78 Å². The number of fused-ring (bicyclic) bond motifs is 1. The van der Waals surface area contributed by atoms with Crippen molar-refractivity contribution in [2.75, 3.05) is 7.11 Å². The number of allylic oxidation sites excluding steroid dienone is 1. The standard InChI is InChI=1S/C20H15FO2/c1-23-15-9-6-14(7-10-15)8-13-20(22)18-11-12-19(21)17-5-3-2-4-16(17)18/h2-13H,1H3/b13-8+. The normalized spacial score (nSPS) is 11.0. The molecule has 0 N–H and O–H groups in total. The van der Waals surface area contributed by atoms with E-state index in [0.29, 0.717) is 16.3 Å². The van der Waals surface area contributed by atoms with Gasteiger partial charge in [-0.3, -0.25) is 4.79 Å². The Kier molecular flexibility index (Phi) is 4.20. The van der Waals surface area contributed by atoms with E-state index in [1.807, 2.05) is 24.3 Å². The number of halogens is 1. The molecule has 0 fully saturated rings. The van der Waals surface area contributed by atoms with Crippen LogP contribution in [0.4, 0.5) is 4.39 Å². The number of hydrogen-bond donors (Lipinski definition) is 0. The second-order valence-electron chi connectivity index (χ2n) is 5.11. The highest BCUT2D eigenvalue weighted by Gasteiger charge is 2.09. The molecule has 3 rings (SSSR count). The molecule has 0 radical (unpaired) electrons. The fraction of sp³-hybridized carbons (Fsp3) is 0.0500. The molecular formula is C20H15FO2. The van der Waals surface area contributed by atoms with Gasteiger partial charge in [-0.1, -0.05) is 42.5 Å². The van der Waals surface area contributed by atoms with Crippen LogP contribution in [0.5, 0.6) is 5.75 Å². The predicted octanol–water partition coefficient (Wildman–Crippen LogP) is 4.88. The van der Waals surface area contributed by atoms with E-state index >= 15 is 0 Å². The number of rotatable bonds is 4. The maximum Gasteiger partial charge on any atom is 0.186 e. The molecule has 0 aromatic heterocycles. The maximum atomic E-state index is 13.8. The van der Waals surface area contributed by atoms with Crippen molar-refractivity contribution in [2.24, 2.45) is 0 Å². The molecule has 114 valence electrons. The Morgan fingerprint density at radius 1 is 0.957 bits per heavy atom. The zero-order valence-electron chi connectivity index (χ0n) is 12.6. The topological polar surface area (TPSA) is 26.3 Å². The van der Waals surface area contributed by atoms with Crippen molar-refractivity contribution in [3.63, 3.8) is 0 Å². The number of ether oxygens (including phenoxy) is 1. The summed E-state index contributed by atoms with van der Waals surface area (Å²) in [5.41, 5.74) is 1.39. The van der Waals surface area contributed by atoms with Crippen molar-refractivity contribution in [2.45, 2.75) is 0 Å². The van der Waals surface area contributed by atoms with Gasteiger partial charge in [-0.05, 0) is 41.3 Å². The van der Waals surface area contributed by atoms with Gasteiger partial charge in [-0.2, -0.15) is 0 Å². The van der Waals surface area contributed by atoms with Crippen LogP contribution in [0.3, 0.4) is 0 Å². The molecule has 3 aromatic rings. The highest BCUT2D eigenvalue weighted by atomic mass is 19.1. The number of carbonyl (C=O) groups is 1. The summed E-state index contributed by atoms with van der Waals surface area (Å²) < 4.78 is 18.9. The van der Waals surface area contributed by atoms with Crippen LogP contribution in [0.2, 0.25) is 0 Å². The molecule has 0 heterocycles. The molecule has 0 bridgehead atoms. The summed E-state index contributed by atoms with van der Waals surface area (Å²) in [6.07, 6.45) is 3.24. The van der Waals surface area contributed by atoms with Gasteiger partial charge < -0.3 is 4.74 Å². The molecule has 0 amide bonds. The van der Waals surface area contributed by atoms with Crippen molar-refractivity contribution in [1.29, 1.82) is 0 Å². The monoisotopic (exact) mass is 306 g/mol. The van der Waals surface area contributed by atoms with Crippen molar-refractivity contribution >= 4 is 22.6 Å². The first-order valence-electron chi connectivity index (χ1n) is 7.23. The van der Waals surface area contributed by atoms with Crippen LogP contribution in [-0.2, 0) is 0 Å². The Morgan fingerprint density at radius 3 is 2.35 bits per heavy atom. The average Bonchev–Trinajstić information content (AvgIpc) is 2.60. The fourth-order valence-electron chi connectivity index (χ4n) is 2.45. The highest BCUT2D eigenvalue weighted by molar-refractivity contribution is 6.14. The van der Waals surface area contributed by atoms with Crippen LogP contribution in [0.1, 0.15) is 15.9 Å². The van der Waals surface area contributed by atoms with Gasteiger partial charge in [-0.15, -0.1) is 0 Å². The second-order valence-corrected chi connectivity index (χ2v) is 5.11. The summed E-state index contributed by atoms with van der Waals surface area (Å²) in [5.74, 6) is 0.284. The molecule has 0 atom stereocenters. The lowest BCUT2D eigenvalue weighted by Crippen LogP contribution is -1.97. The molecule has 0 spiro atoms. The number of ketones is 1. The van der Waals surface area contributed by atoms with Crippen LogP contribution < -0.4 is 4.74 Å². The number of hydrogen-bond acceptors (Lipinski definition) is 2. The lowest BCUT2D eigenvalue weighted by Gasteiger charge is -2.04. The first-order valence-corrected chi connectivity index (χ1v) is 7.23. The minimum atomic E-state index is -0.323. The summed E-state index contributed by atoms with van der Waals surface area (Å²) in [6.45, 7) is 0. The smallest absolute Gasteiger partial charge is 0.186 e. The Balaban J connectivity index is 1.91.